The zero-order valence-electron chi connectivity index (χ0n) is 11.6. The summed E-state index contributed by atoms with van der Waals surface area (Å²) >= 11 is 0. The number of rotatable bonds is 5. The van der Waals surface area contributed by atoms with Crippen molar-refractivity contribution in [2.24, 2.45) is 11.3 Å². The molecule has 0 spiro atoms. The van der Waals surface area contributed by atoms with E-state index in [0.717, 1.165) is 32.1 Å². The number of hydrogen-bond acceptors (Lipinski definition) is 4. The van der Waals surface area contributed by atoms with Gasteiger partial charge in [0.2, 0.25) is 0 Å². The maximum atomic E-state index is 11.6. The van der Waals surface area contributed by atoms with Crippen LogP contribution in [0, 0.1) is 11.3 Å². The molecule has 0 bridgehead atoms. The van der Waals surface area contributed by atoms with Gasteiger partial charge in [-0.15, -0.1) is 0 Å². The second-order valence-corrected chi connectivity index (χ2v) is 5.77. The Kier molecular flexibility index (Phi) is 5.40. The van der Waals surface area contributed by atoms with E-state index in [9.17, 15) is 4.79 Å². The zero-order chi connectivity index (χ0) is 12.9. The summed E-state index contributed by atoms with van der Waals surface area (Å²) < 4.78 is 4.83. The molecule has 17 heavy (non-hydrogen) atoms. The number of carbonyl (C=O) groups is 1. The van der Waals surface area contributed by atoms with Gasteiger partial charge in [-0.05, 0) is 52.7 Å². The maximum absolute atomic E-state index is 11.6. The molecule has 0 amide bonds. The SMILES string of the molecule is COC(=O)C(C)(C)CN(C)CC1CCNCC1. The number of nitrogens with one attached hydrogen (secondary N) is 1. The molecule has 1 aliphatic rings. The molecule has 1 N–H and O–H groups in total. The zero-order valence-corrected chi connectivity index (χ0v) is 11.6. The smallest absolute Gasteiger partial charge is 0.312 e. The van der Waals surface area contributed by atoms with Gasteiger partial charge in [0, 0.05) is 13.1 Å². The molecule has 0 radical (unpaired) electrons. The van der Waals surface area contributed by atoms with Crippen molar-refractivity contribution in [3.8, 4) is 0 Å². The predicted octanol–water partition coefficient (Wildman–Crippen LogP) is 1.12. The fourth-order valence-electron chi connectivity index (χ4n) is 2.59. The molecule has 0 aromatic carbocycles. The molecule has 0 aromatic rings. The minimum atomic E-state index is -0.420. The molecule has 1 fully saturated rings. The number of ether oxygens (including phenoxy) is 1. The summed E-state index contributed by atoms with van der Waals surface area (Å²) in [6.45, 7) is 7.96. The maximum Gasteiger partial charge on any atom is 0.312 e. The first-order valence-electron chi connectivity index (χ1n) is 6.43. The van der Waals surface area contributed by atoms with Crippen LogP contribution in [0.15, 0.2) is 0 Å². The van der Waals surface area contributed by atoms with Crippen LogP contribution >= 0.6 is 0 Å². The van der Waals surface area contributed by atoms with Crippen molar-refractivity contribution in [2.75, 3.05) is 40.3 Å². The van der Waals surface area contributed by atoms with Gasteiger partial charge >= 0.3 is 5.97 Å². The van der Waals surface area contributed by atoms with Crippen molar-refractivity contribution in [2.45, 2.75) is 26.7 Å². The summed E-state index contributed by atoms with van der Waals surface area (Å²) in [5, 5.41) is 3.37. The third kappa shape index (κ3) is 4.64. The molecule has 4 nitrogen and oxygen atoms in total. The van der Waals surface area contributed by atoms with Crippen molar-refractivity contribution in [1.82, 2.24) is 10.2 Å². The lowest BCUT2D eigenvalue weighted by molar-refractivity contribution is -0.151. The summed E-state index contributed by atoms with van der Waals surface area (Å²) in [6, 6.07) is 0. The molecular weight excluding hydrogens is 216 g/mol. The molecule has 0 aromatic heterocycles. The first kappa shape index (κ1) is 14.5. The lowest BCUT2D eigenvalue weighted by Crippen LogP contribution is -2.41. The monoisotopic (exact) mass is 242 g/mol. The van der Waals surface area contributed by atoms with E-state index in [1.54, 1.807) is 0 Å². The number of methoxy groups -OCH3 is 1. The summed E-state index contributed by atoms with van der Waals surface area (Å²) in [5.41, 5.74) is -0.420. The summed E-state index contributed by atoms with van der Waals surface area (Å²) in [7, 11) is 3.55. The van der Waals surface area contributed by atoms with Gasteiger partial charge in [0.25, 0.3) is 0 Å². The molecule has 0 atom stereocenters. The minimum Gasteiger partial charge on any atom is -0.469 e. The second-order valence-electron chi connectivity index (χ2n) is 5.77. The van der Waals surface area contributed by atoms with Crippen molar-refractivity contribution >= 4 is 5.97 Å². The van der Waals surface area contributed by atoms with E-state index in [2.05, 4.69) is 17.3 Å². The topological polar surface area (TPSA) is 41.6 Å². The fourth-order valence-corrected chi connectivity index (χ4v) is 2.59. The number of carbonyl (C=O) groups excluding carboxylic acids is 1. The van der Waals surface area contributed by atoms with Crippen LogP contribution in [0.25, 0.3) is 0 Å². The average molecular weight is 242 g/mol. The normalized spacial score (nSPS) is 18.4. The summed E-state index contributed by atoms with van der Waals surface area (Å²) in [5.74, 6) is 0.629. The van der Waals surface area contributed by atoms with Crippen molar-refractivity contribution in [3.63, 3.8) is 0 Å². The highest BCUT2D eigenvalue weighted by molar-refractivity contribution is 5.76. The lowest BCUT2D eigenvalue weighted by Gasteiger charge is -2.32. The highest BCUT2D eigenvalue weighted by Crippen LogP contribution is 2.20. The first-order valence-corrected chi connectivity index (χ1v) is 6.43. The Labute approximate surface area is 105 Å². The highest BCUT2D eigenvalue weighted by Gasteiger charge is 2.30. The lowest BCUT2D eigenvalue weighted by atomic mass is 9.91. The molecule has 0 saturated carbocycles. The van der Waals surface area contributed by atoms with E-state index in [-0.39, 0.29) is 5.97 Å². The third-order valence-electron chi connectivity index (χ3n) is 3.43. The van der Waals surface area contributed by atoms with Crippen molar-refractivity contribution < 1.29 is 9.53 Å². The number of esters is 1. The van der Waals surface area contributed by atoms with Crippen LogP contribution in [0.3, 0.4) is 0 Å². The van der Waals surface area contributed by atoms with Gasteiger partial charge in [0.15, 0.2) is 0 Å². The molecule has 1 saturated heterocycles. The van der Waals surface area contributed by atoms with E-state index in [0.29, 0.717) is 0 Å². The van der Waals surface area contributed by atoms with E-state index in [4.69, 9.17) is 4.74 Å². The van der Waals surface area contributed by atoms with E-state index in [1.807, 2.05) is 13.8 Å². The van der Waals surface area contributed by atoms with E-state index < -0.39 is 5.41 Å². The van der Waals surface area contributed by atoms with Crippen LogP contribution in [0.4, 0.5) is 0 Å². The minimum absolute atomic E-state index is 0.130. The van der Waals surface area contributed by atoms with Gasteiger partial charge in [-0.25, -0.2) is 0 Å². The largest absolute Gasteiger partial charge is 0.469 e. The molecule has 100 valence electrons. The van der Waals surface area contributed by atoms with E-state index >= 15 is 0 Å². The Balaban J connectivity index is 2.37. The Morgan fingerprint density at radius 2 is 2.00 bits per heavy atom. The summed E-state index contributed by atoms with van der Waals surface area (Å²) in [4.78, 5) is 13.9. The quantitative estimate of drug-likeness (QED) is 0.734. The number of hydrogen-bond donors (Lipinski definition) is 1. The molecule has 1 heterocycles. The van der Waals surface area contributed by atoms with Crippen LogP contribution in [0.1, 0.15) is 26.7 Å². The van der Waals surface area contributed by atoms with Gasteiger partial charge in [-0.1, -0.05) is 0 Å². The van der Waals surface area contributed by atoms with Gasteiger partial charge in [0.1, 0.15) is 0 Å². The molecule has 4 heteroatoms. The standard InChI is InChI=1S/C13H26N2O2/c1-13(2,12(16)17-4)10-15(3)9-11-5-7-14-8-6-11/h11,14H,5-10H2,1-4H3. The van der Waals surface area contributed by atoms with Gasteiger partial charge in [-0.2, -0.15) is 0 Å². The summed E-state index contributed by atoms with van der Waals surface area (Å²) in [6.07, 6.45) is 2.48. The van der Waals surface area contributed by atoms with Crippen LogP contribution < -0.4 is 5.32 Å². The van der Waals surface area contributed by atoms with E-state index in [1.165, 1.54) is 20.0 Å². The van der Waals surface area contributed by atoms with Gasteiger partial charge in [-0.3, -0.25) is 4.79 Å². The highest BCUT2D eigenvalue weighted by atomic mass is 16.5. The van der Waals surface area contributed by atoms with Crippen molar-refractivity contribution in [1.29, 1.82) is 0 Å². The molecular formula is C13H26N2O2. The molecule has 1 aliphatic heterocycles. The third-order valence-corrected chi connectivity index (χ3v) is 3.43. The Morgan fingerprint density at radius 3 is 2.53 bits per heavy atom. The Hall–Kier alpha value is -0.610. The van der Waals surface area contributed by atoms with Crippen LogP contribution in [-0.2, 0) is 9.53 Å². The first-order chi connectivity index (χ1) is 7.95. The molecule has 1 rings (SSSR count). The van der Waals surface area contributed by atoms with Gasteiger partial charge in [0.05, 0.1) is 12.5 Å². The van der Waals surface area contributed by atoms with Crippen LogP contribution in [0.5, 0.6) is 0 Å². The molecule has 0 aliphatic carbocycles. The second kappa shape index (κ2) is 6.36. The Bertz CT molecular complexity index is 248. The predicted molar refractivity (Wildman–Crippen MR) is 68.9 cm³/mol. The Morgan fingerprint density at radius 1 is 1.41 bits per heavy atom. The average Bonchev–Trinajstić information content (AvgIpc) is 2.28. The number of piperidine rings is 1. The van der Waals surface area contributed by atoms with Crippen LogP contribution in [-0.4, -0.2) is 51.2 Å². The fraction of sp³-hybridized carbons (Fsp3) is 0.923. The van der Waals surface area contributed by atoms with Crippen LogP contribution in [0.2, 0.25) is 0 Å². The van der Waals surface area contributed by atoms with Gasteiger partial charge < -0.3 is 15.0 Å². The molecule has 0 unspecified atom stereocenters. The van der Waals surface area contributed by atoms with Crippen molar-refractivity contribution in [3.05, 3.63) is 0 Å². The number of nitrogens with zero attached hydrogens (tertiary/aromatic N) is 1.